The minimum absolute atomic E-state index is 0.0464. The highest BCUT2D eigenvalue weighted by Gasteiger charge is 2.23. The molecule has 0 radical (unpaired) electrons. The Kier molecular flexibility index (Phi) is 4.79. The van der Waals surface area contributed by atoms with Gasteiger partial charge in [0, 0.05) is 24.2 Å². The molecule has 132 valence electrons. The van der Waals surface area contributed by atoms with E-state index in [0.717, 1.165) is 24.1 Å². The largest absolute Gasteiger partial charge is 0.493 e. The van der Waals surface area contributed by atoms with Crippen molar-refractivity contribution in [1.29, 1.82) is 0 Å². The SMILES string of the molecule is COC(=O)c1cc(Cc2ccc(OC)c(OC)c2)c(=O)n2c1CCC2. The standard InChI is InChI=1S/C19H21NO5/c1-23-16-7-6-12(10-17(16)24-2)9-13-11-14(19(22)25-3)15-5-4-8-20(15)18(13)21/h6-7,10-11H,4-5,8-9H2,1-3H3. The summed E-state index contributed by atoms with van der Waals surface area (Å²) in [5.41, 5.74) is 2.68. The van der Waals surface area contributed by atoms with Crippen LogP contribution in [-0.4, -0.2) is 31.9 Å². The van der Waals surface area contributed by atoms with Crippen molar-refractivity contribution in [3.05, 3.63) is 57.0 Å². The van der Waals surface area contributed by atoms with Gasteiger partial charge in [0.1, 0.15) is 0 Å². The lowest BCUT2D eigenvalue weighted by Gasteiger charge is -2.13. The summed E-state index contributed by atoms with van der Waals surface area (Å²) >= 11 is 0. The molecule has 2 heterocycles. The third-order valence-corrected chi connectivity index (χ3v) is 4.52. The van der Waals surface area contributed by atoms with Gasteiger partial charge in [-0.2, -0.15) is 0 Å². The van der Waals surface area contributed by atoms with Crippen molar-refractivity contribution < 1.29 is 19.0 Å². The van der Waals surface area contributed by atoms with Crippen LogP contribution in [0.3, 0.4) is 0 Å². The lowest BCUT2D eigenvalue weighted by atomic mass is 10.0. The van der Waals surface area contributed by atoms with Crippen molar-refractivity contribution in [3.8, 4) is 11.5 Å². The third-order valence-electron chi connectivity index (χ3n) is 4.52. The molecule has 3 rings (SSSR count). The fourth-order valence-electron chi connectivity index (χ4n) is 3.30. The molecule has 6 nitrogen and oxygen atoms in total. The summed E-state index contributed by atoms with van der Waals surface area (Å²) in [6, 6.07) is 7.20. The van der Waals surface area contributed by atoms with Gasteiger partial charge < -0.3 is 18.8 Å². The number of hydrogen-bond donors (Lipinski definition) is 0. The van der Waals surface area contributed by atoms with Gasteiger partial charge in [0.05, 0.1) is 26.9 Å². The van der Waals surface area contributed by atoms with Gasteiger partial charge in [0.2, 0.25) is 0 Å². The second-order valence-corrected chi connectivity index (χ2v) is 5.95. The van der Waals surface area contributed by atoms with Gasteiger partial charge in [0.25, 0.3) is 5.56 Å². The van der Waals surface area contributed by atoms with Crippen LogP contribution in [-0.2, 0) is 24.1 Å². The summed E-state index contributed by atoms with van der Waals surface area (Å²) in [7, 11) is 4.50. The predicted molar refractivity (Wildman–Crippen MR) is 92.7 cm³/mol. The van der Waals surface area contributed by atoms with E-state index in [1.807, 2.05) is 12.1 Å². The Labute approximate surface area is 145 Å². The van der Waals surface area contributed by atoms with Crippen LogP contribution in [0.15, 0.2) is 29.1 Å². The van der Waals surface area contributed by atoms with Crippen molar-refractivity contribution in [2.75, 3.05) is 21.3 Å². The van der Waals surface area contributed by atoms with E-state index in [2.05, 4.69) is 0 Å². The fourth-order valence-corrected chi connectivity index (χ4v) is 3.30. The second kappa shape index (κ2) is 7.01. The van der Waals surface area contributed by atoms with Crippen molar-refractivity contribution in [2.24, 2.45) is 0 Å². The molecule has 0 unspecified atom stereocenters. The summed E-state index contributed by atoms with van der Waals surface area (Å²) < 4.78 is 17.1. The monoisotopic (exact) mass is 343 g/mol. The molecule has 0 atom stereocenters. The fraction of sp³-hybridized carbons (Fsp3) is 0.368. The maximum absolute atomic E-state index is 12.8. The molecule has 0 N–H and O–H groups in total. The number of benzene rings is 1. The Hall–Kier alpha value is -2.76. The molecule has 1 aliphatic rings. The van der Waals surface area contributed by atoms with E-state index in [-0.39, 0.29) is 5.56 Å². The van der Waals surface area contributed by atoms with Crippen LogP contribution in [0.5, 0.6) is 11.5 Å². The zero-order valence-corrected chi connectivity index (χ0v) is 14.6. The number of aromatic nitrogens is 1. The van der Waals surface area contributed by atoms with E-state index in [0.29, 0.717) is 35.6 Å². The van der Waals surface area contributed by atoms with Crippen LogP contribution in [0.2, 0.25) is 0 Å². The maximum atomic E-state index is 12.8. The molecular weight excluding hydrogens is 322 g/mol. The number of fused-ring (bicyclic) bond motifs is 1. The van der Waals surface area contributed by atoms with Gasteiger partial charge in [-0.15, -0.1) is 0 Å². The molecule has 0 bridgehead atoms. The molecule has 0 amide bonds. The molecule has 25 heavy (non-hydrogen) atoms. The topological polar surface area (TPSA) is 66.8 Å². The number of pyridine rings is 1. The van der Waals surface area contributed by atoms with E-state index >= 15 is 0 Å². The zero-order chi connectivity index (χ0) is 18.0. The molecule has 1 aromatic heterocycles. The van der Waals surface area contributed by atoms with Crippen LogP contribution in [0.25, 0.3) is 0 Å². The molecule has 2 aromatic rings. The normalized spacial score (nSPS) is 12.6. The summed E-state index contributed by atoms with van der Waals surface area (Å²) in [5, 5.41) is 0. The van der Waals surface area contributed by atoms with Gasteiger partial charge >= 0.3 is 5.97 Å². The number of hydrogen-bond acceptors (Lipinski definition) is 5. The quantitative estimate of drug-likeness (QED) is 0.779. The van der Waals surface area contributed by atoms with E-state index in [1.54, 1.807) is 30.9 Å². The predicted octanol–water partition coefficient (Wildman–Crippen LogP) is 2.19. The van der Waals surface area contributed by atoms with Gasteiger partial charge in [-0.3, -0.25) is 4.79 Å². The summed E-state index contributed by atoms with van der Waals surface area (Å²) in [4.78, 5) is 24.9. The highest BCUT2D eigenvalue weighted by atomic mass is 16.5. The Morgan fingerprint density at radius 3 is 2.56 bits per heavy atom. The van der Waals surface area contributed by atoms with Crippen molar-refractivity contribution in [1.82, 2.24) is 4.57 Å². The summed E-state index contributed by atoms with van der Waals surface area (Å²) in [6.07, 6.45) is 1.98. The average Bonchev–Trinajstić information content (AvgIpc) is 3.13. The Balaban J connectivity index is 2.03. The average molecular weight is 343 g/mol. The molecule has 0 fully saturated rings. The first-order chi connectivity index (χ1) is 12.1. The molecule has 6 heteroatoms. The molecule has 0 saturated carbocycles. The minimum Gasteiger partial charge on any atom is -0.493 e. The van der Waals surface area contributed by atoms with Gasteiger partial charge in [-0.1, -0.05) is 6.07 Å². The van der Waals surface area contributed by atoms with Gasteiger partial charge in [-0.05, 0) is 36.6 Å². The minimum atomic E-state index is -0.404. The lowest BCUT2D eigenvalue weighted by Crippen LogP contribution is -2.26. The van der Waals surface area contributed by atoms with Gasteiger partial charge in [0.15, 0.2) is 11.5 Å². The first-order valence-corrected chi connectivity index (χ1v) is 8.13. The van der Waals surface area contributed by atoms with Crippen LogP contribution < -0.4 is 15.0 Å². The maximum Gasteiger partial charge on any atom is 0.339 e. The highest BCUT2D eigenvalue weighted by molar-refractivity contribution is 5.90. The van der Waals surface area contributed by atoms with E-state index in [9.17, 15) is 9.59 Å². The Morgan fingerprint density at radius 2 is 1.88 bits per heavy atom. The Morgan fingerprint density at radius 1 is 1.12 bits per heavy atom. The smallest absolute Gasteiger partial charge is 0.339 e. The zero-order valence-electron chi connectivity index (χ0n) is 14.6. The molecule has 0 spiro atoms. The van der Waals surface area contributed by atoms with Gasteiger partial charge in [-0.25, -0.2) is 4.79 Å². The van der Waals surface area contributed by atoms with Crippen molar-refractivity contribution in [2.45, 2.75) is 25.8 Å². The number of rotatable bonds is 5. The van der Waals surface area contributed by atoms with Crippen LogP contribution in [0.1, 0.15) is 33.6 Å². The van der Waals surface area contributed by atoms with Crippen LogP contribution in [0.4, 0.5) is 0 Å². The second-order valence-electron chi connectivity index (χ2n) is 5.95. The van der Waals surface area contributed by atoms with Crippen molar-refractivity contribution >= 4 is 5.97 Å². The molecule has 0 aliphatic carbocycles. The van der Waals surface area contributed by atoms with Crippen LogP contribution >= 0.6 is 0 Å². The van der Waals surface area contributed by atoms with E-state index in [1.165, 1.54) is 7.11 Å². The van der Waals surface area contributed by atoms with E-state index in [4.69, 9.17) is 14.2 Å². The molecular formula is C19H21NO5. The van der Waals surface area contributed by atoms with E-state index < -0.39 is 5.97 Å². The first-order valence-electron chi connectivity index (χ1n) is 8.13. The summed E-state index contributed by atoms with van der Waals surface area (Å²) in [6.45, 7) is 0.637. The third kappa shape index (κ3) is 3.12. The number of carbonyl (C=O) groups excluding carboxylic acids is 1. The Bertz CT molecular complexity index is 869. The number of methoxy groups -OCH3 is 3. The molecule has 1 aromatic carbocycles. The number of esters is 1. The number of nitrogens with zero attached hydrogens (tertiary/aromatic N) is 1. The van der Waals surface area contributed by atoms with Crippen LogP contribution in [0, 0.1) is 0 Å². The summed E-state index contributed by atoms with van der Waals surface area (Å²) in [5.74, 6) is 0.834. The number of carbonyl (C=O) groups is 1. The molecule has 0 saturated heterocycles. The highest BCUT2D eigenvalue weighted by Crippen LogP contribution is 2.28. The first kappa shape index (κ1) is 17.1. The lowest BCUT2D eigenvalue weighted by molar-refractivity contribution is 0.0598. The van der Waals surface area contributed by atoms with Crippen molar-refractivity contribution in [3.63, 3.8) is 0 Å². The number of ether oxygens (including phenoxy) is 3. The molecule has 1 aliphatic heterocycles.